The standard InChI is InChI=1S/C18H25NO2/c1(5-15-6-4-10-20-12-9-15)2-11-21-18-8-3-7-16-13-19-14-17(16)18/h3,6-8,19H,1-2,4-5,9-14H2. The zero-order valence-electron chi connectivity index (χ0n) is 12.7. The van der Waals surface area contributed by atoms with Gasteiger partial charge in [-0.25, -0.2) is 0 Å². The zero-order chi connectivity index (χ0) is 14.3. The molecule has 2 heterocycles. The molecule has 0 aromatic heterocycles. The quantitative estimate of drug-likeness (QED) is 0.641. The molecule has 0 amide bonds. The smallest absolute Gasteiger partial charge is 0.124 e. The fraction of sp³-hybridized carbons (Fsp3) is 0.556. The Bertz CT molecular complexity index is 496. The molecule has 0 saturated carbocycles. The third-order valence-electron chi connectivity index (χ3n) is 4.26. The molecule has 0 atom stereocenters. The summed E-state index contributed by atoms with van der Waals surface area (Å²) in [6.07, 6.45) is 8.08. The molecule has 0 saturated heterocycles. The number of hydrogen-bond donors (Lipinski definition) is 1. The maximum Gasteiger partial charge on any atom is 0.124 e. The lowest BCUT2D eigenvalue weighted by Gasteiger charge is -2.10. The summed E-state index contributed by atoms with van der Waals surface area (Å²) in [6.45, 7) is 4.52. The SMILES string of the molecule is C1=C(CCCCOc2cccc3c2CNC3)CCOCC1. The van der Waals surface area contributed by atoms with Gasteiger partial charge in [0.05, 0.1) is 19.8 Å². The third kappa shape index (κ3) is 4.08. The number of ether oxygens (including phenoxy) is 2. The molecule has 114 valence electrons. The van der Waals surface area contributed by atoms with Crippen molar-refractivity contribution in [3.05, 3.63) is 41.0 Å². The number of fused-ring (bicyclic) bond motifs is 1. The molecule has 1 aromatic carbocycles. The molecule has 3 rings (SSSR count). The predicted molar refractivity (Wildman–Crippen MR) is 84.5 cm³/mol. The van der Waals surface area contributed by atoms with E-state index in [4.69, 9.17) is 9.47 Å². The maximum absolute atomic E-state index is 5.98. The van der Waals surface area contributed by atoms with Crippen LogP contribution in [0.15, 0.2) is 29.8 Å². The molecule has 0 spiro atoms. The van der Waals surface area contributed by atoms with Crippen LogP contribution in [0.2, 0.25) is 0 Å². The van der Waals surface area contributed by atoms with Gasteiger partial charge in [0, 0.05) is 18.7 Å². The summed E-state index contributed by atoms with van der Waals surface area (Å²) in [5, 5.41) is 3.38. The van der Waals surface area contributed by atoms with E-state index in [1.165, 1.54) is 24.0 Å². The Kier molecular flexibility index (Phi) is 5.30. The maximum atomic E-state index is 5.98. The second-order valence-corrected chi connectivity index (χ2v) is 5.82. The number of unbranched alkanes of at least 4 members (excludes halogenated alkanes) is 1. The van der Waals surface area contributed by atoms with Gasteiger partial charge in [-0.2, -0.15) is 0 Å². The second kappa shape index (κ2) is 7.62. The van der Waals surface area contributed by atoms with Crippen molar-refractivity contribution in [3.8, 4) is 5.75 Å². The summed E-state index contributed by atoms with van der Waals surface area (Å²) in [5.74, 6) is 1.07. The molecule has 0 fully saturated rings. The summed E-state index contributed by atoms with van der Waals surface area (Å²) in [4.78, 5) is 0. The molecule has 0 aliphatic carbocycles. The van der Waals surface area contributed by atoms with Crippen molar-refractivity contribution in [2.45, 2.75) is 45.2 Å². The molecular formula is C18H25NO2. The van der Waals surface area contributed by atoms with Crippen molar-refractivity contribution in [2.24, 2.45) is 0 Å². The van der Waals surface area contributed by atoms with Gasteiger partial charge in [-0.1, -0.05) is 23.8 Å². The molecule has 0 unspecified atom stereocenters. The summed E-state index contributed by atoms with van der Waals surface area (Å²) < 4.78 is 11.4. The third-order valence-corrected chi connectivity index (χ3v) is 4.26. The summed E-state index contributed by atoms with van der Waals surface area (Å²) >= 11 is 0. The lowest BCUT2D eigenvalue weighted by atomic mass is 10.1. The highest BCUT2D eigenvalue weighted by molar-refractivity contribution is 5.42. The van der Waals surface area contributed by atoms with Gasteiger partial charge < -0.3 is 14.8 Å². The average molecular weight is 287 g/mol. The fourth-order valence-corrected chi connectivity index (χ4v) is 3.05. The van der Waals surface area contributed by atoms with Crippen molar-refractivity contribution < 1.29 is 9.47 Å². The van der Waals surface area contributed by atoms with Crippen molar-refractivity contribution in [2.75, 3.05) is 19.8 Å². The van der Waals surface area contributed by atoms with Gasteiger partial charge >= 0.3 is 0 Å². The Morgan fingerprint density at radius 1 is 1.14 bits per heavy atom. The first-order valence-corrected chi connectivity index (χ1v) is 8.13. The molecule has 21 heavy (non-hydrogen) atoms. The Morgan fingerprint density at radius 2 is 2.14 bits per heavy atom. The van der Waals surface area contributed by atoms with Gasteiger partial charge in [0.1, 0.15) is 5.75 Å². The summed E-state index contributed by atoms with van der Waals surface area (Å²) in [7, 11) is 0. The van der Waals surface area contributed by atoms with E-state index in [2.05, 4.69) is 29.6 Å². The number of rotatable bonds is 6. The lowest BCUT2D eigenvalue weighted by Crippen LogP contribution is -2.02. The van der Waals surface area contributed by atoms with Gasteiger partial charge in [-0.05, 0) is 43.7 Å². The van der Waals surface area contributed by atoms with Crippen molar-refractivity contribution in [3.63, 3.8) is 0 Å². The van der Waals surface area contributed by atoms with Crippen molar-refractivity contribution in [1.82, 2.24) is 5.32 Å². The summed E-state index contributed by atoms with van der Waals surface area (Å²) in [6, 6.07) is 6.37. The molecule has 3 heteroatoms. The predicted octanol–water partition coefficient (Wildman–Crippen LogP) is 3.58. The van der Waals surface area contributed by atoms with Gasteiger partial charge in [0.15, 0.2) is 0 Å². The van der Waals surface area contributed by atoms with Crippen molar-refractivity contribution in [1.29, 1.82) is 0 Å². The van der Waals surface area contributed by atoms with Crippen LogP contribution in [0.5, 0.6) is 5.75 Å². The van der Waals surface area contributed by atoms with Crippen LogP contribution in [0.4, 0.5) is 0 Å². The van der Waals surface area contributed by atoms with Crippen LogP contribution in [0, 0.1) is 0 Å². The van der Waals surface area contributed by atoms with E-state index < -0.39 is 0 Å². The molecule has 1 aromatic rings. The van der Waals surface area contributed by atoms with Crippen LogP contribution in [0.3, 0.4) is 0 Å². The molecule has 2 aliphatic rings. The first-order valence-electron chi connectivity index (χ1n) is 8.13. The van der Waals surface area contributed by atoms with Crippen LogP contribution in [0.1, 0.15) is 43.2 Å². The Labute approximate surface area is 127 Å². The van der Waals surface area contributed by atoms with Gasteiger partial charge in [-0.15, -0.1) is 0 Å². The van der Waals surface area contributed by atoms with Crippen molar-refractivity contribution >= 4 is 0 Å². The van der Waals surface area contributed by atoms with E-state index in [0.717, 1.165) is 57.9 Å². The minimum absolute atomic E-state index is 0.820. The topological polar surface area (TPSA) is 30.5 Å². The molecule has 0 radical (unpaired) electrons. The van der Waals surface area contributed by atoms with Crippen LogP contribution in [-0.4, -0.2) is 19.8 Å². The first kappa shape index (κ1) is 14.6. The lowest BCUT2D eigenvalue weighted by molar-refractivity contribution is 0.146. The van der Waals surface area contributed by atoms with E-state index in [1.807, 2.05) is 0 Å². The van der Waals surface area contributed by atoms with Crippen LogP contribution >= 0.6 is 0 Å². The van der Waals surface area contributed by atoms with E-state index in [-0.39, 0.29) is 0 Å². The van der Waals surface area contributed by atoms with Crippen LogP contribution in [-0.2, 0) is 17.8 Å². The normalized spacial score (nSPS) is 18.0. The van der Waals surface area contributed by atoms with Gasteiger partial charge in [0.2, 0.25) is 0 Å². The van der Waals surface area contributed by atoms with E-state index in [1.54, 1.807) is 5.57 Å². The molecular weight excluding hydrogens is 262 g/mol. The average Bonchev–Trinajstić information content (AvgIpc) is 2.84. The number of hydrogen-bond acceptors (Lipinski definition) is 3. The van der Waals surface area contributed by atoms with Gasteiger partial charge in [0.25, 0.3) is 0 Å². The molecule has 0 bridgehead atoms. The Balaban J connectivity index is 1.39. The fourth-order valence-electron chi connectivity index (χ4n) is 3.05. The van der Waals surface area contributed by atoms with E-state index >= 15 is 0 Å². The van der Waals surface area contributed by atoms with E-state index in [9.17, 15) is 0 Å². The molecule has 1 N–H and O–H groups in total. The highest BCUT2D eigenvalue weighted by Crippen LogP contribution is 2.26. The zero-order valence-corrected chi connectivity index (χ0v) is 12.7. The van der Waals surface area contributed by atoms with Crippen LogP contribution in [0.25, 0.3) is 0 Å². The highest BCUT2D eigenvalue weighted by Gasteiger charge is 2.14. The molecule has 3 nitrogen and oxygen atoms in total. The monoisotopic (exact) mass is 287 g/mol. The summed E-state index contributed by atoms with van der Waals surface area (Å²) in [5.41, 5.74) is 4.30. The largest absolute Gasteiger partial charge is 0.493 e. The molecule has 2 aliphatic heterocycles. The Hall–Kier alpha value is -1.32. The number of benzene rings is 1. The first-order chi connectivity index (χ1) is 10.4. The highest BCUT2D eigenvalue weighted by atomic mass is 16.5. The van der Waals surface area contributed by atoms with Gasteiger partial charge in [-0.3, -0.25) is 0 Å². The second-order valence-electron chi connectivity index (χ2n) is 5.82. The van der Waals surface area contributed by atoms with Crippen LogP contribution < -0.4 is 10.1 Å². The number of nitrogens with one attached hydrogen (secondary N) is 1. The minimum Gasteiger partial charge on any atom is -0.493 e. The Morgan fingerprint density at radius 3 is 3.14 bits per heavy atom. The van der Waals surface area contributed by atoms with E-state index in [0.29, 0.717) is 0 Å². The minimum atomic E-state index is 0.820.